The normalized spacial score (nSPS) is 36.0. The van der Waals surface area contributed by atoms with Crippen LogP contribution in [0.4, 0.5) is 9.59 Å². The highest BCUT2D eigenvalue weighted by Crippen LogP contribution is 2.51. The van der Waals surface area contributed by atoms with Gasteiger partial charge >= 0.3 is 12.2 Å². The molecule has 0 bridgehead atoms. The predicted molar refractivity (Wildman–Crippen MR) is 82.1 cm³/mol. The molecule has 0 atom stereocenters. The highest BCUT2D eigenvalue weighted by molar-refractivity contribution is 5.70. The maximum Gasteiger partial charge on any atom is 0.409 e. The Labute approximate surface area is 136 Å². The van der Waals surface area contributed by atoms with Crippen molar-refractivity contribution in [1.82, 2.24) is 15.1 Å². The second kappa shape index (κ2) is 5.26. The molecule has 0 radical (unpaired) electrons. The van der Waals surface area contributed by atoms with Crippen molar-refractivity contribution in [1.29, 1.82) is 0 Å². The minimum absolute atomic E-state index is 0.194. The van der Waals surface area contributed by atoms with E-state index in [-0.39, 0.29) is 17.8 Å². The molecule has 0 unspecified atom stereocenters. The van der Waals surface area contributed by atoms with Gasteiger partial charge in [-0.25, -0.2) is 9.59 Å². The molecule has 4 fully saturated rings. The van der Waals surface area contributed by atoms with E-state index in [0.717, 1.165) is 45.4 Å². The van der Waals surface area contributed by atoms with Crippen molar-refractivity contribution in [2.24, 2.45) is 5.41 Å². The van der Waals surface area contributed by atoms with Gasteiger partial charge in [0.05, 0.1) is 13.7 Å². The van der Waals surface area contributed by atoms with Gasteiger partial charge in [-0.2, -0.15) is 0 Å². The fourth-order valence-corrected chi connectivity index (χ4v) is 4.83. The molecule has 1 aliphatic carbocycles. The second-order valence-corrected chi connectivity index (χ2v) is 7.67. The van der Waals surface area contributed by atoms with E-state index in [1.165, 1.54) is 20.0 Å². The Morgan fingerprint density at radius 1 is 1.26 bits per heavy atom. The molecule has 0 aromatic carbocycles. The number of rotatable bonds is 1. The van der Waals surface area contributed by atoms with Crippen LogP contribution in [-0.2, 0) is 9.47 Å². The average Bonchev–Trinajstić information content (AvgIpc) is 3.11. The van der Waals surface area contributed by atoms with Crippen molar-refractivity contribution in [2.75, 3.05) is 39.8 Å². The third-order valence-corrected chi connectivity index (χ3v) is 6.30. The molecule has 3 heterocycles. The third kappa shape index (κ3) is 2.55. The Hall–Kier alpha value is -1.50. The lowest BCUT2D eigenvalue weighted by Crippen LogP contribution is -2.57. The molecule has 128 valence electrons. The van der Waals surface area contributed by atoms with Crippen LogP contribution in [0.3, 0.4) is 0 Å². The summed E-state index contributed by atoms with van der Waals surface area (Å²) in [4.78, 5) is 27.3. The van der Waals surface area contributed by atoms with Gasteiger partial charge in [0.15, 0.2) is 0 Å². The minimum Gasteiger partial charge on any atom is -0.453 e. The molecule has 3 saturated heterocycles. The molecule has 23 heavy (non-hydrogen) atoms. The van der Waals surface area contributed by atoms with E-state index in [1.54, 1.807) is 0 Å². The summed E-state index contributed by atoms with van der Waals surface area (Å²) < 4.78 is 10.3. The Bertz CT molecular complexity index is 509. The van der Waals surface area contributed by atoms with E-state index in [1.807, 2.05) is 4.90 Å². The Morgan fingerprint density at radius 2 is 2.00 bits per heavy atom. The smallest absolute Gasteiger partial charge is 0.409 e. The zero-order valence-electron chi connectivity index (χ0n) is 13.7. The van der Waals surface area contributed by atoms with Crippen LogP contribution < -0.4 is 5.32 Å². The van der Waals surface area contributed by atoms with Gasteiger partial charge in [-0.05, 0) is 24.7 Å². The van der Waals surface area contributed by atoms with Crippen molar-refractivity contribution in [2.45, 2.75) is 43.7 Å². The first kappa shape index (κ1) is 15.1. The van der Waals surface area contributed by atoms with E-state index < -0.39 is 0 Å². The van der Waals surface area contributed by atoms with E-state index >= 15 is 0 Å². The number of likely N-dealkylation sites (tertiary alicyclic amines) is 2. The number of piperidine rings is 1. The average molecular weight is 323 g/mol. The fourth-order valence-electron chi connectivity index (χ4n) is 4.83. The largest absolute Gasteiger partial charge is 0.453 e. The number of hydrogen-bond acceptors (Lipinski definition) is 5. The van der Waals surface area contributed by atoms with Gasteiger partial charge in [-0.3, -0.25) is 0 Å². The van der Waals surface area contributed by atoms with Crippen molar-refractivity contribution < 1.29 is 19.1 Å². The van der Waals surface area contributed by atoms with Crippen LogP contribution >= 0.6 is 0 Å². The van der Waals surface area contributed by atoms with Crippen molar-refractivity contribution in [3.63, 3.8) is 0 Å². The first-order valence-corrected chi connectivity index (χ1v) is 8.57. The van der Waals surface area contributed by atoms with Gasteiger partial charge in [-0.15, -0.1) is 0 Å². The van der Waals surface area contributed by atoms with Crippen LogP contribution in [0.1, 0.15) is 32.1 Å². The highest BCUT2D eigenvalue weighted by atomic mass is 16.6. The van der Waals surface area contributed by atoms with Crippen molar-refractivity contribution >= 4 is 12.2 Å². The number of methoxy groups -OCH3 is 1. The Kier molecular flexibility index (Phi) is 3.44. The number of ether oxygens (including phenoxy) is 2. The molecule has 4 aliphatic rings. The monoisotopic (exact) mass is 323 g/mol. The number of hydrogen-bond donors (Lipinski definition) is 1. The molecule has 1 saturated carbocycles. The lowest BCUT2D eigenvalue weighted by atomic mass is 9.64. The second-order valence-electron chi connectivity index (χ2n) is 7.67. The Morgan fingerprint density at radius 3 is 2.61 bits per heavy atom. The van der Waals surface area contributed by atoms with Crippen molar-refractivity contribution in [3.05, 3.63) is 0 Å². The quantitative estimate of drug-likeness (QED) is 0.785. The maximum absolute atomic E-state index is 11.6. The lowest BCUT2D eigenvalue weighted by Gasteiger charge is -2.52. The van der Waals surface area contributed by atoms with Gasteiger partial charge < -0.3 is 24.6 Å². The SMILES string of the molecule is COC(=O)N1CCC2(CC(N3CCC4(CC3)CNC(=O)O4)C2)C1. The summed E-state index contributed by atoms with van der Waals surface area (Å²) in [7, 11) is 1.45. The number of carbonyl (C=O) groups excluding carboxylic acids is 2. The van der Waals surface area contributed by atoms with E-state index in [9.17, 15) is 9.59 Å². The molecule has 2 amide bonds. The van der Waals surface area contributed by atoms with Gasteiger partial charge in [-0.1, -0.05) is 0 Å². The predicted octanol–water partition coefficient (Wildman–Crippen LogP) is 1.18. The van der Waals surface area contributed by atoms with Gasteiger partial charge in [0.25, 0.3) is 0 Å². The summed E-state index contributed by atoms with van der Waals surface area (Å²) in [6.07, 6.45) is 4.82. The molecule has 0 aromatic rings. The molecular weight excluding hydrogens is 298 g/mol. The first-order chi connectivity index (χ1) is 11.0. The molecule has 2 spiro atoms. The summed E-state index contributed by atoms with van der Waals surface area (Å²) in [5.41, 5.74) is 0.0550. The minimum atomic E-state index is -0.269. The van der Waals surface area contributed by atoms with E-state index in [4.69, 9.17) is 9.47 Å². The third-order valence-electron chi connectivity index (χ3n) is 6.30. The number of carbonyl (C=O) groups is 2. The number of nitrogens with one attached hydrogen (secondary N) is 1. The summed E-state index contributed by atoms with van der Waals surface area (Å²) in [6, 6.07) is 0.620. The van der Waals surface area contributed by atoms with Crippen LogP contribution in [0.15, 0.2) is 0 Å². The number of amides is 2. The van der Waals surface area contributed by atoms with Gasteiger partial charge in [0.2, 0.25) is 0 Å². The molecule has 3 aliphatic heterocycles. The first-order valence-electron chi connectivity index (χ1n) is 8.57. The fraction of sp³-hybridized carbons (Fsp3) is 0.875. The molecule has 7 nitrogen and oxygen atoms in total. The molecule has 0 aromatic heterocycles. The van der Waals surface area contributed by atoms with Crippen LogP contribution in [0.2, 0.25) is 0 Å². The van der Waals surface area contributed by atoms with Gasteiger partial charge in [0, 0.05) is 45.1 Å². The van der Waals surface area contributed by atoms with E-state index in [2.05, 4.69) is 10.2 Å². The zero-order chi connectivity index (χ0) is 16.1. The molecule has 7 heteroatoms. The van der Waals surface area contributed by atoms with Gasteiger partial charge in [0.1, 0.15) is 5.60 Å². The van der Waals surface area contributed by atoms with E-state index in [0.29, 0.717) is 18.0 Å². The number of alkyl carbamates (subject to hydrolysis) is 1. The highest BCUT2D eigenvalue weighted by Gasteiger charge is 2.53. The summed E-state index contributed by atoms with van der Waals surface area (Å²) in [6.45, 7) is 4.31. The molecule has 4 rings (SSSR count). The number of nitrogens with zero attached hydrogens (tertiary/aromatic N) is 2. The van der Waals surface area contributed by atoms with Crippen LogP contribution in [0, 0.1) is 5.41 Å². The Balaban J connectivity index is 1.27. The standard InChI is InChI=1S/C16H25N3O4/c1-22-14(21)19-5-2-15(11-19)8-12(9-15)18-6-3-16(4-7-18)10-17-13(20)23-16/h12H,2-11H2,1H3,(H,17,20). The molecule has 1 N–H and O–H groups in total. The summed E-state index contributed by atoms with van der Waals surface area (Å²) in [5, 5.41) is 2.78. The summed E-state index contributed by atoms with van der Waals surface area (Å²) >= 11 is 0. The van der Waals surface area contributed by atoms with Crippen LogP contribution in [-0.4, -0.2) is 73.5 Å². The maximum atomic E-state index is 11.6. The zero-order valence-corrected chi connectivity index (χ0v) is 13.7. The topological polar surface area (TPSA) is 71.1 Å². The lowest BCUT2D eigenvalue weighted by molar-refractivity contribution is -0.0505. The van der Waals surface area contributed by atoms with Crippen LogP contribution in [0.25, 0.3) is 0 Å². The van der Waals surface area contributed by atoms with Crippen LogP contribution in [0.5, 0.6) is 0 Å². The summed E-state index contributed by atoms with van der Waals surface area (Å²) in [5.74, 6) is 0. The van der Waals surface area contributed by atoms with Crippen molar-refractivity contribution in [3.8, 4) is 0 Å². The molecular formula is C16H25N3O4.